The number of aliphatic carboxylic acids is 1. The molecule has 1 N–H and O–H groups in total. The first kappa shape index (κ1) is 27.2. The highest BCUT2D eigenvalue weighted by atomic mass is 19.3. The summed E-state index contributed by atoms with van der Waals surface area (Å²) in [5.41, 5.74) is 1.73. The van der Waals surface area contributed by atoms with Crippen molar-refractivity contribution in [2.75, 3.05) is 26.4 Å². The lowest BCUT2D eigenvalue weighted by Crippen LogP contribution is -2.20. The SMILES string of the molecule is O=C(O)CCOCCCOCCCn1cc(-c2ccc3nnc(C(F)(F)c4ccc5ncccc5c4)n3n2)cn1. The Kier molecular flexibility index (Phi) is 8.31. The fraction of sp³-hybridized carbons (Fsp3) is 0.333. The molecular weight excluding hydrogens is 524 g/mol. The number of benzene rings is 1. The third kappa shape index (κ3) is 6.26. The number of nitrogens with zero attached hydrogens (tertiary/aromatic N) is 7. The third-order valence-corrected chi connectivity index (χ3v) is 6.15. The fourth-order valence-electron chi connectivity index (χ4n) is 4.11. The van der Waals surface area contributed by atoms with Crippen LogP contribution in [-0.2, 0) is 26.7 Å². The molecule has 0 bridgehead atoms. The molecule has 0 aliphatic carbocycles. The summed E-state index contributed by atoms with van der Waals surface area (Å²) < 4.78 is 44.8. The van der Waals surface area contributed by atoms with E-state index in [-0.39, 0.29) is 24.2 Å². The van der Waals surface area contributed by atoms with Crippen LogP contribution in [0.25, 0.3) is 27.8 Å². The van der Waals surface area contributed by atoms with Gasteiger partial charge in [0.2, 0.25) is 5.82 Å². The fourth-order valence-corrected chi connectivity index (χ4v) is 4.11. The predicted molar refractivity (Wildman–Crippen MR) is 140 cm³/mol. The first-order chi connectivity index (χ1) is 19.4. The maximum absolute atomic E-state index is 15.6. The van der Waals surface area contributed by atoms with Gasteiger partial charge >= 0.3 is 11.9 Å². The molecular formula is C27H27F2N7O4. The molecule has 208 valence electrons. The minimum atomic E-state index is -3.44. The van der Waals surface area contributed by atoms with Crippen molar-refractivity contribution in [2.24, 2.45) is 0 Å². The monoisotopic (exact) mass is 551 g/mol. The molecule has 40 heavy (non-hydrogen) atoms. The quantitative estimate of drug-likeness (QED) is 0.204. The van der Waals surface area contributed by atoms with Gasteiger partial charge in [-0.15, -0.1) is 10.2 Å². The second-order valence-corrected chi connectivity index (χ2v) is 9.07. The number of pyridine rings is 1. The summed E-state index contributed by atoms with van der Waals surface area (Å²) >= 11 is 0. The van der Waals surface area contributed by atoms with Crippen LogP contribution in [0, 0.1) is 0 Å². The van der Waals surface area contributed by atoms with E-state index in [0.29, 0.717) is 54.9 Å². The Morgan fingerprint density at radius 3 is 2.67 bits per heavy atom. The zero-order chi connectivity index (χ0) is 28.0. The molecule has 13 heteroatoms. The zero-order valence-electron chi connectivity index (χ0n) is 21.5. The van der Waals surface area contributed by atoms with Crippen LogP contribution in [0.2, 0.25) is 0 Å². The van der Waals surface area contributed by atoms with Crippen molar-refractivity contribution in [1.29, 1.82) is 0 Å². The number of carbonyl (C=O) groups is 1. The van der Waals surface area contributed by atoms with Crippen molar-refractivity contribution in [3.05, 3.63) is 72.4 Å². The van der Waals surface area contributed by atoms with E-state index in [0.717, 1.165) is 10.9 Å². The molecule has 0 spiro atoms. The van der Waals surface area contributed by atoms with Crippen LogP contribution in [-0.4, -0.2) is 72.1 Å². The van der Waals surface area contributed by atoms with E-state index in [1.807, 2.05) is 0 Å². The standard InChI is InChI=1S/C27H27F2N7O4/c28-27(29,21-5-6-22-19(16-21)4-1-10-30-22)26-33-32-24-8-7-23(34-36(24)26)20-17-31-35(18-20)11-2-12-39-13-3-14-40-15-9-25(37)38/h1,4-8,10,16-18H,2-3,9,11-15H2,(H,37,38). The maximum atomic E-state index is 15.6. The molecule has 0 amide bonds. The first-order valence-corrected chi connectivity index (χ1v) is 12.8. The van der Waals surface area contributed by atoms with Gasteiger partial charge in [0.25, 0.3) is 0 Å². The van der Waals surface area contributed by atoms with E-state index in [1.54, 1.807) is 53.6 Å². The number of hydrogen-bond acceptors (Lipinski definition) is 8. The van der Waals surface area contributed by atoms with Crippen molar-refractivity contribution in [1.82, 2.24) is 34.6 Å². The molecule has 0 unspecified atom stereocenters. The second-order valence-electron chi connectivity index (χ2n) is 9.07. The molecule has 4 heterocycles. The Bertz CT molecular complexity index is 1600. The molecule has 0 saturated carbocycles. The Labute approximate surface area is 227 Å². The van der Waals surface area contributed by atoms with Crippen LogP contribution in [0.5, 0.6) is 0 Å². The van der Waals surface area contributed by atoms with Gasteiger partial charge in [-0.05, 0) is 43.2 Å². The Morgan fingerprint density at radius 2 is 1.82 bits per heavy atom. The normalized spacial score (nSPS) is 11.9. The number of aromatic nitrogens is 7. The summed E-state index contributed by atoms with van der Waals surface area (Å²) in [6.45, 7) is 2.29. The molecule has 5 rings (SSSR count). The Hall–Kier alpha value is -4.36. The summed E-state index contributed by atoms with van der Waals surface area (Å²) in [5, 5.41) is 25.6. The number of aryl methyl sites for hydroxylation is 1. The highest BCUT2D eigenvalue weighted by Gasteiger charge is 2.40. The van der Waals surface area contributed by atoms with Gasteiger partial charge in [0.05, 0.1) is 30.4 Å². The van der Waals surface area contributed by atoms with Crippen molar-refractivity contribution in [2.45, 2.75) is 31.7 Å². The number of rotatable bonds is 14. The van der Waals surface area contributed by atoms with Gasteiger partial charge in [0.1, 0.15) is 0 Å². The topological polar surface area (TPSA) is 130 Å². The van der Waals surface area contributed by atoms with Crippen LogP contribution >= 0.6 is 0 Å². The van der Waals surface area contributed by atoms with Gasteiger partial charge < -0.3 is 14.6 Å². The summed E-state index contributed by atoms with van der Waals surface area (Å²) in [5.74, 6) is -4.90. The molecule has 0 aliphatic rings. The Morgan fingerprint density at radius 1 is 1.00 bits per heavy atom. The van der Waals surface area contributed by atoms with Crippen LogP contribution in [0.3, 0.4) is 0 Å². The summed E-state index contributed by atoms with van der Waals surface area (Å²) in [6, 6.07) is 11.0. The molecule has 0 saturated heterocycles. The highest BCUT2D eigenvalue weighted by molar-refractivity contribution is 5.79. The van der Waals surface area contributed by atoms with E-state index >= 15 is 8.78 Å². The smallest absolute Gasteiger partial charge is 0.333 e. The van der Waals surface area contributed by atoms with Gasteiger partial charge in [-0.25, -0.2) is 0 Å². The predicted octanol–water partition coefficient (Wildman–Crippen LogP) is 3.96. The van der Waals surface area contributed by atoms with Gasteiger partial charge in [-0.1, -0.05) is 12.1 Å². The van der Waals surface area contributed by atoms with Gasteiger partial charge in [-0.3, -0.25) is 14.5 Å². The summed E-state index contributed by atoms with van der Waals surface area (Å²) in [7, 11) is 0. The lowest BCUT2D eigenvalue weighted by molar-refractivity contribution is -0.138. The van der Waals surface area contributed by atoms with E-state index < -0.39 is 17.7 Å². The average molecular weight is 552 g/mol. The van der Waals surface area contributed by atoms with E-state index in [1.165, 1.54) is 12.1 Å². The molecule has 0 radical (unpaired) electrons. The molecule has 0 atom stereocenters. The Balaban J connectivity index is 1.20. The van der Waals surface area contributed by atoms with Gasteiger partial charge in [0.15, 0.2) is 5.65 Å². The number of hydrogen-bond donors (Lipinski definition) is 1. The van der Waals surface area contributed by atoms with Gasteiger partial charge in [0, 0.05) is 55.3 Å². The lowest BCUT2D eigenvalue weighted by atomic mass is 10.0. The highest BCUT2D eigenvalue weighted by Crippen LogP contribution is 2.36. The van der Waals surface area contributed by atoms with Crippen LogP contribution < -0.4 is 0 Å². The van der Waals surface area contributed by atoms with Crippen LogP contribution in [0.4, 0.5) is 8.78 Å². The van der Waals surface area contributed by atoms with Crippen LogP contribution in [0.1, 0.15) is 30.7 Å². The van der Waals surface area contributed by atoms with Crippen molar-refractivity contribution < 1.29 is 28.2 Å². The molecule has 4 aromatic heterocycles. The summed E-state index contributed by atoms with van der Waals surface area (Å²) in [4.78, 5) is 14.6. The van der Waals surface area contributed by atoms with Crippen molar-refractivity contribution in [3.8, 4) is 11.3 Å². The van der Waals surface area contributed by atoms with E-state index in [4.69, 9.17) is 14.6 Å². The number of carboxylic acid groups (broad SMARTS) is 1. The number of alkyl halides is 2. The van der Waals surface area contributed by atoms with E-state index in [9.17, 15) is 4.79 Å². The molecule has 0 fully saturated rings. The number of ether oxygens (including phenoxy) is 2. The van der Waals surface area contributed by atoms with E-state index in [2.05, 4.69) is 25.4 Å². The number of fused-ring (bicyclic) bond motifs is 2. The molecule has 1 aromatic carbocycles. The summed E-state index contributed by atoms with van der Waals surface area (Å²) in [6.07, 6.45) is 6.43. The minimum absolute atomic E-state index is 0.00758. The van der Waals surface area contributed by atoms with Crippen LogP contribution in [0.15, 0.2) is 61.1 Å². The lowest BCUT2D eigenvalue weighted by Gasteiger charge is -2.15. The number of carboxylic acids is 1. The number of halogens is 2. The molecule has 11 nitrogen and oxygen atoms in total. The average Bonchev–Trinajstić information content (AvgIpc) is 3.61. The van der Waals surface area contributed by atoms with Gasteiger partial charge in [-0.2, -0.15) is 23.5 Å². The largest absolute Gasteiger partial charge is 0.481 e. The molecule has 0 aliphatic heterocycles. The zero-order valence-corrected chi connectivity index (χ0v) is 21.5. The third-order valence-electron chi connectivity index (χ3n) is 6.15. The molecule has 5 aromatic rings. The second kappa shape index (κ2) is 12.2. The van der Waals surface area contributed by atoms with Crippen molar-refractivity contribution >= 4 is 22.5 Å². The van der Waals surface area contributed by atoms with Crippen molar-refractivity contribution in [3.63, 3.8) is 0 Å². The minimum Gasteiger partial charge on any atom is -0.481 e. The first-order valence-electron chi connectivity index (χ1n) is 12.8. The maximum Gasteiger partial charge on any atom is 0.333 e.